The highest BCUT2D eigenvalue weighted by molar-refractivity contribution is 7.11. The highest BCUT2D eigenvalue weighted by Crippen LogP contribution is 2.30. The number of anilines is 2. The number of carbonyl (C=O) groups is 1. The van der Waals surface area contributed by atoms with Gasteiger partial charge >= 0.3 is 5.97 Å². The van der Waals surface area contributed by atoms with Crippen molar-refractivity contribution in [1.29, 1.82) is 0 Å². The number of nitrogens with two attached hydrogens (primary N) is 1. The average Bonchev–Trinajstić information content (AvgIpc) is 2.72. The van der Waals surface area contributed by atoms with Crippen LogP contribution in [0.1, 0.15) is 36.0 Å². The van der Waals surface area contributed by atoms with Gasteiger partial charge in [-0.3, -0.25) is 0 Å². The first-order valence-electron chi connectivity index (χ1n) is 5.90. The Morgan fingerprint density at radius 2 is 2.17 bits per heavy atom. The predicted molar refractivity (Wildman–Crippen MR) is 69.8 cm³/mol. The quantitative estimate of drug-likeness (QED) is 0.715. The summed E-state index contributed by atoms with van der Waals surface area (Å²) in [6.45, 7) is 0. The highest BCUT2D eigenvalue weighted by atomic mass is 32.1. The van der Waals surface area contributed by atoms with Crippen molar-refractivity contribution in [2.45, 2.75) is 37.8 Å². The molecule has 1 aliphatic rings. The lowest BCUT2D eigenvalue weighted by Crippen LogP contribution is -2.28. The van der Waals surface area contributed by atoms with Crippen molar-refractivity contribution in [1.82, 2.24) is 4.37 Å². The third-order valence-electron chi connectivity index (χ3n) is 3.14. The molecule has 6 nitrogen and oxygen atoms in total. The number of rotatable bonds is 3. The topological polar surface area (TPSA) is 97.5 Å². The van der Waals surface area contributed by atoms with Crippen LogP contribution in [0, 0.1) is 0 Å². The molecular weight excluding hydrogens is 254 g/mol. The van der Waals surface area contributed by atoms with Crippen molar-refractivity contribution in [2.75, 3.05) is 18.2 Å². The maximum atomic E-state index is 11.6. The second-order valence-electron chi connectivity index (χ2n) is 4.41. The van der Waals surface area contributed by atoms with Gasteiger partial charge in [0.05, 0.1) is 13.2 Å². The molecule has 0 bridgehead atoms. The molecule has 0 amide bonds. The molecule has 0 aromatic carbocycles. The van der Waals surface area contributed by atoms with Crippen LogP contribution in [0.15, 0.2) is 0 Å². The number of aliphatic hydroxyl groups excluding tert-OH is 1. The molecular formula is C11H17N3O3S. The Morgan fingerprint density at radius 3 is 2.78 bits per heavy atom. The Bertz CT molecular complexity index is 427. The van der Waals surface area contributed by atoms with Gasteiger partial charge in [-0.25, -0.2) is 4.79 Å². The van der Waals surface area contributed by atoms with Crippen molar-refractivity contribution < 1.29 is 14.6 Å². The predicted octanol–water partition coefficient (Wildman–Crippen LogP) is 1.23. The van der Waals surface area contributed by atoms with Crippen LogP contribution in [0.4, 0.5) is 10.8 Å². The van der Waals surface area contributed by atoms with E-state index in [1.54, 1.807) is 0 Å². The number of nitrogen functional groups attached to an aromatic ring is 1. The van der Waals surface area contributed by atoms with E-state index < -0.39 is 5.97 Å². The van der Waals surface area contributed by atoms with Gasteiger partial charge in [0.25, 0.3) is 0 Å². The summed E-state index contributed by atoms with van der Waals surface area (Å²) in [5.41, 5.74) is 5.98. The average molecular weight is 271 g/mol. The summed E-state index contributed by atoms with van der Waals surface area (Å²) in [5, 5.41) is 13.4. The van der Waals surface area contributed by atoms with E-state index in [1.165, 1.54) is 7.11 Å². The minimum absolute atomic E-state index is 0.199. The van der Waals surface area contributed by atoms with Crippen LogP contribution >= 0.6 is 11.5 Å². The molecule has 1 fully saturated rings. The van der Waals surface area contributed by atoms with E-state index in [9.17, 15) is 9.90 Å². The smallest absolute Gasteiger partial charge is 0.344 e. The van der Waals surface area contributed by atoms with E-state index in [-0.39, 0.29) is 18.0 Å². The van der Waals surface area contributed by atoms with Gasteiger partial charge in [0.1, 0.15) is 10.6 Å². The lowest BCUT2D eigenvalue weighted by molar-refractivity contribution is 0.0603. The van der Waals surface area contributed by atoms with Gasteiger partial charge in [0.2, 0.25) is 0 Å². The van der Waals surface area contributed by atoms with E-state index in [1.807, 2.05) is 0 Å². The first kappa shape index (κ1) is 13.1. The SMILES string of the molecule is COC(=O)c1c(N)nsc1NC1CCC(O)CC1. The van der Waals surface area contributed by atoms with Gasteiger partial charge in [-0.2, -0.15) is 4.37 Å². The third kappa shape index (κ3) is 2.73. The minimum Gasteiger partial charge on any atom is -0.465 e. The first-order chi connectivity index (χ1) is 8.61. The Hall–Kier alpha value is -1.34. The Kier molecular flexibility index (Phi) is 4.03. The van der Waals surface area contributed by atoms with Crippen LogP contribution < -0.4 is 11.1 Å². The zero-order valence-corrected chi connectivity index (χ0v) is 11.0. The van der Waals surface area contributed by atoms with E-state index >= 15 is 0 Å². The fourth-order valence-corrected chi connectivity index (χ4v) is 2.89. The van der Waals surface area contributed by atoms with Crippen molar-refractivity contribution in [3.05, 3.63) is 5.56 Å². The van der Waals surface area contributed by atoms with Crippen LogP contribution in [0.5, 0.6) is 0 Å². The summed E-state index contributed by atoms with van der Waals surface area (Å²) in [5.74, 6) is -0.273. The number of ether oxygens (including phenoxy) is 1. The fourth-order valence-electron chi connectivity index (χ4n) is 2.11. The molecule has 7 heteroatoms. The van der Waals surface area contributed by atoms with E-state index in [0.29, 0.717) is 10.6 Å². The number of aliphatic hydroxyl groups is 1. The van der Waals surface area contributed by atoms with Crippen molar-refractivity contribution in [3.8, 4) is 0 Å². The maximum absolute atomic E-state index is 11.6. The number of aromatic nitrogens is 1. The van der Waals surface area contributed by atoms with Gasteiger partial charge in [-0.15, -0.1) is 0 Å². The molecule has 1 aromatic heterocycles. The molecule has 1 aromatic rings. The Labute approximate surface area is 109 Å². The van der Waals surface area contributed by atoms with Gasteiger partial charge in [-0.05, 0) is 37.2 Å². The second-order valence-corrected chi connectivity index (χ2v) is 5.19. The maximum Gasteiger partial charge on any atom is 0.344 e. The van der Waals surface area contributed by atoms with Crippen molar-refractivity contribution in [3.63, 3.8) is 0 Å². The summed E-state index contributed by atoms with van der Waals surface area (Å²) in [4.78, 5) is 11.6. The van der Waals surface area contributed by atoms with Crippen molar-refractivity contribution in [2.24, 2.45) is 0 Å². The molecule has 4 N–H and O–H groups in total. The van der Waals surface area contributed by atoms with Crippen LogP contribution in [0.2, 0.25) is 0 Å². The lowest BCUT2D eigenvalue weighted by atomic mass is 9.93. The number of hydrogen-bond donors (Lipinski definition) is 3. The highest BCUT2D eigenvalue weighted by Gasteiger charge is 2.24. The fraction of sp³-hybridized carbons (Fsp3) is 0.636. The summed E-state index contributed by atoms with van der Waals surface area (Å²) in [6, 6.07) is 0.247. The van der Waals surface area contributed by atoms with Crippen LogP contribution in [-0.4, -0.2) is 34.7 Å². The molecule has 1 saturated carbocycles. The molecule has 18 heavy (non-hydrogen) atoms. The molecule has 0 spiro atoms. The Morgan fingerprint density at radius 1 is 1.50 bits per heavy atom. The molecule has 0 atom stereocenters. The zero-order valence-electron chi connectivity index (χ0n) is 10.2. The molecule has 0 aliphatic heterocycles. The molecule has 1 aliphatic carbocycles. The monoisotopic (exact) mass is 271 g/mol. The van der Waals surface area contributed by atoms with E-state index in [4.69, 9.17) is 10.5 Å². The summed E-state index contributed by atoms with van der Waals surface area (Å²) >= 11 is 1.16. The van der Waals surface area contributed by atoms with Crippen LogP contribution in [0.25, 0.3) is 0 Å². The van der Waals surface area contributed by atoms with Crippen molar-refractivity contribution >= 4 is 28.3 Å². The standard InChI is InChI=1S/C11H17N3O3S/c1-17-11(16)8-9(12)14-18-10(8)13-6-2-4-7(15)5-3-6/h6-7,13,15H,2-5H2,1H3,(H2,12,14). The largest absolute Gasteiger partial charge is 0.465 e. The van der Waals surface area contributed by atoms with Gasteiger partial charge in [0, 0.05) is 6.04 Å². The second kappa shape index (κ2) is 5.53. The number of carbonyl (C=O) groups excluding carboxylic acids is 1. The first-order valence-corrected chi connectivity index (χ1v) is 6.67. The summed E-state index contributed by atoms with van der Waals surface area (Å²) in [6.07, 6.45) is 3.10. The molecule has 100 valence electrons. The Balaban J connectivity index is 2.07. The molecule has 2 rings (SSSR count). The van der Waals surface area contributed by atoms with E-state index in [2.05, 4.69) is 9.69 Å². The molecule has 0 unspecified atom stereocenters. The zero-order chi connectivity index (χ0) is 13.1. The summed E-state index contributed by atoms with van der Waals surface area (Å²) in [7, 11) is 1.32. The molecule has 1 heterocycles. The molecule has 0 radical (unpaired) electrons. The van der Waals surface area contributed by atoms with Gasteiger partial charge < -0.3 is 20.9 Å². The number of hydrogen-bond acceptors (Lipinski definition) is 7. The van der Waals surface area contributed by atoms with Crippen LogP contribution in [-0.2, 0) is 4.74 Å². The third-order valence-corrected chi connectivity index (χ3v) is 3.93. The van der Waals surface area contributed by atoms with Crippen LogP contribution in [0.3, 0.4) is 0 Å². The summed E-state index contributed by atoms with van der Waals surface area (Å²) < 4.78 is 8.66. The lowest BCUT2D eigenvalue weighted by Gasteiger charge is -2.26. The number of nitrogens with zero attached hydrogens (tertiary/aromatic N) is 1. The number of esters is 1. The number of nitrogens with one attached hydrogen (secondary N) is 1. The van der Waals surface area contributed by atoms with E-state index in [0.717, 1.165) is 37.2 Å². The van der Waals surface area contributed by atoms with Gasteiger partial charge in [0.15, 0.2) is 5.82 Å². The van der Waals surface area contributed by atoms with Gasteiger partial charge in [-0.1, -0.05) is 0 Å². The number of methoxy groups -OCH3 is 1. The minimum atomic E-state index is -0.473. The molecule has 0 saturated heterocycles. The normalized spacial score (nSPS) is 23.7.